The summed E-state index contributed by atoms with van der Waals surface area (Å²) >= 11 is 0. The molecule has 0 atom stereocenters. The lowest BCUT2D eigenvalue weighted by Crippen LogP contribution is -2.21. The quantitative estimate of drug-likeness (QED) is 0.735. The molecule has 4 nitrogen and oxygen atoms in total. The Labute approximate surface area is 96.4 Å². The molecule has 1 aromatic rings. The zero-order valence-corrected chi connectivity index (χ0v) is 10.5. The van der Waals surface area contributed by atoms with E-state index in [1.54, 1.807) is 7.05 Å². The average molecular weight is 228 g/mol. The van der Waals surface area contributed by atoms with Crippen LogP contribution in [0.5, 0.6) is 0 Å². The third-order valence-corrected chi connectivity index (χ3v) is 2.53. The normalized spacial score (nSPS) is 11.4. The summed E-state index contributed by atoms with van der Waals surface area (Å²) in [7, 11) is 5.72. The minimum absolute atomic E-state index is 0.238. The highest BCUT2D eigenvalue weighted by Gasteiger charge is 2.11. The molecule has 1 rings (SSSR count). The van der Waals surface area contributed by atoms with Gasteiger partial charge in [0.05, 0.1) is 5.69 Å². The highest BCUT2D eigenvalue weighted by Crippen LogP contribution is 2.10. The van der Waals surface area contributed by atoms with Gasteiger partial charge in [-0.1, -0.05) is 0 Å². The van der Waals surface area contributed by atoms with E-state index in [4.69, 9.17) is 0 Å². The summed E-state index contributed by atoms with van der Waals surface area (Å²) < 4.78 is 14.8. The summed E-state index contributed by atoms with van der Waals surface area (Å²) in [6.45, 7) is 4.33. The first-order chi connectivity index (χ1) is 7.52. The van der Waals surface area contributed by atoms with Gasteiger partial charge < -0.3 is 10.2 Å². The molecular weight excluding hydrogens is 207 g/mol. The van der Waals surface area contributed by atoms with Crippen LogP contribution >= 0.6 is 0 Å². The Bertz CT molecular complexity index is 333. The number of aromatic nitrogens is 2. The summed E-state index contributed by atoms with van der Waals surface area (Å²) in [6, 6.07) is 0. The lowest BCUT2D eigenvalue weighted by Gasteiger charge is -2.09. The van der Waals surface area contributed by atoms with E-state index in [0.717, 1.165) is 25.2 Å². The molecule has 92 valence electrons. The molecule has 0 fully saturated rings. The molecule has 0 bridgehead atoms. The SMILES string of the molecule is Cc1nn(C)c(F)c1CNCCCN(C)C. The van der Waals surface area contributed by atoms with Gasteiger partial charge in [-0.2, -0.15) is 9.49 Å². The van der Waals surface area contributed by atoms with Gasteiger partial charge in [-0.25, -0.2) is 4.68 Å². The van der Waals surface area contributed by atoms with Crippen LogP contribution in [0.1, 0.15) is 17.7 Å². The molecular formula is C11H21FN4. The van der Waals surface area contributed by atoms with Crippen LogP contribution < -0.4 is 5.32 Å². The molecule has 0 aromatic carbocycles. The maximum absolute atomic E-state index is 13.5. The van der Waals surface area contributed by atoms with Crippen LogP contribution in [0.3, 0.4) is 0 Å². The molecule has 0 radical (unpaired) electrons. The second kappa shape index (κ2) is 5.96. The molecule has 0 saturated carbocycles. The standard InChI is InChI=1S/C11H21FN4/c1-9-10(11(12)16(4)14-9)8-13-6-5-7-15(2)3/h13H,5-8H2,1-4H3. The van der Waals surface area contributed by atoms with Gasteiger partial charge in [0.1, 0.15) is 0 Å². The lowest BCUT2D eigenvalue weighted by atomic mass is 10.2. The highest BCUT2D eigenvalue weighted by atomic mass is 19.1. The van der Waals surface area contributed by atoms with E-state index in [0.29, 0.717) is 12.1 Å². The van der Waals surface area contributed by atoms with Crippen molar-refractivity contribution in [2.24, 2.45) is 7.05 Å². The van der Waals surface area contributed by atoms with Crippen LogP contribution in [0.2, 0.25) is 0 Å². The monoisotopic (exact) mass is 228 g/mol. The first kappa shape index (κ1) is 13.1. The Morgan fingerprint density at radius 1 is 1.44 bits per heavy atom. The second-order valence-electron chi connectivity index (χ2n) is 4.31. The van der Waals surface area contributed by atoms with Crippen LogP contribution in [0.25, 0.3) is 0 Å². The van der Waals surface area contributed by atoms with Crippen molar-refractivity contribution in [3.8, 4) is 0 Å². The Balaban J connectivity index is 2.32. The Kier molecular flexibility index (Phi) is 4.89. The Hall–Kier alpha value is -0.940. The van der Waals surface area contributed by atoms with Crippen molar-refractivity contribution in [2.45, 2.75) is 19.9 Å². The molecule has 5 heteroatoms. The van der Waals surface area contributed by atoms with E-state index in [1.807, 2.05) is 21.0 Å². The van der Waals surface area contributed by atoms with Crippen LogP contribution in [-0.4, -0.2) is 41.9 Å². The van der Waals surface area contributed by atoms with Gasteiger partial charge in [0.25, 0.3) is 0 Å². The van der Waals surface area contributed by atoms with E-state index in [9.17, 15) is 4.39 Å². The number of nitrogens with one attached hydrogen (secondary N) is 1. The Morgan fingerprint density at radius 3 is 2.62 bits per heavy atom. The van der Waals surface area contributed by atoms with Crippen molar-refractivity contribution in [1.82, 2.24) is 20.0 Å². The van der Waals surface area contributed by atoms with E-state index in [-0.39, 0.29) is 5.95 Å². The van der Waals surface area contributed by atoms with Crippen LogP contribution in [0.15, 0.2) is 0 Å². The molecule has 0 aliphatic heterocycles. The number of nitrogens with zero attached hydrogens (tertiary/aromatic N) is 3. The minimum atomic E-state index is -0.238. The summed E-state index contributed by atoms with van der Waals surface area (Å²) in [6.07, 6.45) is 1.06. The van der Waals surface area contributed by atoms with Gasteiger partial charge >= 0.3 is 0 Å². The van der Waals surface area contributed by atoms with Crippen LogP contribution in [-0.2, 0) is 13.6 Å². The van der Waals surface area contributed by atoms with Crippen molar-refractivity contribution >= 4 is 0 Å². The molecule has 0 aliphatic carbocycles. The Morgan fingerprint density at radius 2 is 2.12 bits per heavy atom. The first-order valence-corrected chi connectivity index (χ1v) is 5.55. The molecule has 0 aliphatic rings. The van der Waals surface area contributed by atoms with Crippen molar-refractivity contribution in [1.29, 1.82) is 0 Å². The fraction of sp³-hybridized carbons (Fsp3) is 0.727. The van der Waals surface area contributed by atoms with E-state index < -0.39 is 0 Å². The second-order valence-corrected chi connectivity index (χ2v) is 4.31. The number of rotatable bonds is 6. The van der Waals surface area contributed by atoms with Crippen LogP contribution in [0, 0.1) is 12.9 Å². The van der Waals surface area contributed by atoms with E-state index >= 15 is 0 Å². The molecule has 0 saturated heterocycles. The molecule has 16 heavy (non-hydrogen) atoms. The van der Waals surface area contributed by atoms with Crippen LogP contribution in [0.4, 0.5) is 4.39 Å². The molecule has 0 unspecified atom stereocenters. The zero-order valence-electron chi connectivity index (χ0n) is 10.5. The van der Waals surface area contributed by atoms with E-state index in [2.05, 4.69) is 15.3 Å². The average Bonchev–Trinajstić information content (AvgIpc) is 2.43. The molecule has 1 N–H and O–H groups in total. The van der Waals surface area contributed by atoms with Gasteiger partial charge in [-0.3, -0.25) is 0 Å². The van der Waals surface area contributed by atoms with Crippen molar-refractivity contribution < 1.29 is 4.39 Å². The minimum Gasteiger partial charge on any atom is -0.312 e. The van der Waals surface area contributed by atoms with Gasteiger partial charge in [-0.15, -0.1) is 0 Å². The number of aryl methyl sites for hydroxylation is 2. The highest BCUT2D eigenvalue weighted by molar-refractivity contribution is 5.16. The van der Waals surface area contributed by atoms with Crippen molar-refractivity contribution in [3.05, 3.63) is 17.2 Å². The number of halogens is 1. The van der Waals surface area contributed by atoms with E-state index in [1.165, 1.54) is 4.68 Å². The zero-order chi connectivity index (χ0) is 12.1. The van der Waals surface area contributed by atoms with Gasteiger partial charge in [0.15, 0.2) is 0 Å². The number of hydrogen-bond donors (Lipinski definition) is 1. The van der Waals surface area contributed by atoms with Crippen molar-refractivity contribution in [3.63, 3.8) is 0 Å². The smallest absolute Gasteiger partial charge is 0.215 e. The maximum atomic E-state index is 13.5. The number of hydrogen-bond acceptors (Lipinski definition) is 3. The van der Waals surface area contributed by atoms with Gasteiger partial charge in [-0.05, 0) is 40.5 Å². The third kappa shape index (κ3) is 3.57. The predicted molar refractivity (Wildman–Crippen MR) is 62.8 cm³/mol. The lowest BCUT2D eigenvalue weighted by molar-refractivity contribution is 0.393. The van der Waals surface area contributed by atoms with Gasteiger partial charge in [0.2, 0.25) is 5.95 Å². The fourth-order valence-corrected chi connectivity index (χ4v) is 1.61. The molecule has 1 heterocycles. The van der Waals surface area contributed by atoms with Crippen molar-refractivity contribution in [2.75, 3.05) is 27.2 Å². The first-order valence-electron chi connectivity index (χ1n) is 5.55. The summed E-state index contributed by atoms with van der Waals surface area (Å²) in [5.74, 6) is -0.238. The summed E-state index contributed by atoms with van der Waals surface area (Å²) in [5, 5.41) is 7.26. The summed E-state index contributed by atoms with van der Waals surface area (Å²) in [4.78, 5) is 2.14. The molecule has 1 aromatic heterocycles. The molecule has 0 spiro atoms. The maximum Gasteiger partial charge on any atom is 0.215 e. The van der Waals surface area contributed by atoms with Gasteiger partial charge in [0, 0.05) is 19.2 Å². The predicted octanol–water partition coefficient (Wildman–Crippen LogP) is 0.909. The third-order valence-electron chi connectivity index (χ3n) is 2.53. The fourth-order valence-electron chi connectivity index (χ4n) is 1.61. The summed E-state index contributed by atoms with van der Waals surface area (Å²) in [5.41, 5.74) is 1.44. The topological polar surface area (TPSA) is 33.1 Å². The largest absolute Gasteiger partial charge is 0.312 e. The molecule has 0 amide bonds.